The number of ether oxygens (including phenoxy) is 1. The number of carbonyl (C=O) groups excluding carboxylic acids is 1. The molecule has 6 heteroatoms. The van der Waals surface area contributed by atoms with E-state index in [9.17, 15) is 4.79 Å². The predicted octanol–water partition coefficient (Wildman–Crippen LogP) is 1.23. The highest BCUT2D eigenvalue weighted by atomic mass is 16.5. The molecule has 0 atom stereocenters. The third-order valence-corrected chi connectivity index (χ3v) is 5.12. The fourth-order valence-electron chi connectivity index (χ4n) is 3.51. The molecule has 132 valence electrons. The van der Waals surface area contributed by atoms with Crippen molar-refractivity contribution in [3.63, 3.8) is 0 Å². The molecule has 0 unspecified atom stereocenters. The second-order valence-electron chi connectivity index (χ2n) is 6.58. The van der Waals surface area contributed by atoms with Crippen molar-refractivity contribution in [1.82, 2.24) is 14.8 Å². The first-order valence-electron chi connectivity index (χ1n) is 8.95. The number of piperidine rings is 1. The van der Waals surface area contributed by atoms with Gasteiger partial charge in [0.1, 0.15) is 5.82 Å². The number of aromatic nitrogens is 1. The number of rotatable bonds is 5. The highest BCUT2D eigenvalue weighted by Gasteiger charge is 2.23. The number of likely N-dealkylation sites (tertiary alicyclic amines) is 1. The van der Waals surface area contributed by atoms with Gasteiger partial charge in [0.15, 0.2) is 0 Å². The molecule has 2 aliphatic rings. The van der Waals surface area contributed by atoms with E-state index in [1.54, 1.807) is 7.11 Å². The van der Waals surface area contributed by atoms with Gasteiger partial charge in [0.25, 0.3) is 0 Å². The number of carbonyl (C=O) groups is 1. The molecule has 24 heavy (non-hydrogen) atoms. The van der Waals surface area contributed by atoms with E-state index >= 15 is 0 Å². The molecule has 0 aromatic carbocycles. The molecule has 1 aromatic heterocycles. The Morgan fingerprint density at radius 3 is 2.54 bits per heavy atom. The van der Waals surface area contributed by atoms with Crippen molar-refractivity contribution in [1.29, 1.82) is 0 Å². The lowest BCUT2D eigenvalue weighted by Crippen LogP contribution is -2.49. The molecule has 2 saturated heterocycles. The molecule has 2 aliphatic heterocycles. The van der Waals surface area contributed by atoms with Gasteiger partial charge in [-0.2, -0.15) is 0 Å². The Bertz CT molecular complexity index is 509. The van der Waals surface area contributed by atoms with Crippen molar-refractivity contribution in [2.75, 3.05) is 57.8 Å². The zero-order valence-electron chi connectivity index (χ0n) is 14.6. The molecule has 0 N–H and O–H groups in total. The molecule has 3 rings (SSSR count). The van der Waals surface area contributed by atoms with Gasteiger partial charge in [-0.05, 0) is 25.0 Å². The largest absolute Gasteiger partial charge is 0.381 e. The van der Waals surface area contributed by atoms with Crippen LogP contribution in [0.25, 0.3) is 0 Å². The summed E-state index contributed by atoms with van der Waals surface area (Å²) in [5.41, 5.74) is 0. The molecule has 2 fully saturated rings. The van der Waals surface area contributed by atoms with Crippen LogP contribution in [0.2, 0.25) is 0 Å². The minimum Gasteiger partial charge on any atom is -0.381 e. The first kappa shape index (κ1) is 17.2. The van der Waals surface area contributed by atoms with E-state index in [0.29, 0.717) is 12.5 Å². The molecule has 0 aliphatic carbocycles. The van der Waals surface area contributed by atoms with Crippen LogP contribution in [-0.2, 0) is 9.53 Å². The van der Waals surface area contributed by atoms with E-state index in [4.69, 9.17) is 4.74 Å². The third kappa shape index (κ3) is 4.45. The normalized spacial score (nSPS) is 20.4. The number of pyridine rings is 1. The van der Waals surface area contributed by atoms with Crippen molar-refractivity contribution in [3.05, 3.63) is 24.4 Å². The maximum Gasteiger partial charge on any atom is 0.223 e. The molecular weight excluding hydrogens is 304 g/mol. The van der Waals surface area contributed by atoms with E-state index in [2.05, 4.69) is 14.8 Å². The minimum absolute atomic E-state index is 0.282. The maximum absolute atomic E-state index is 12.4. The average molecular weight is 332 g/mol. The van der Waals surface area contributed by atoms with Crippen LogP contribution in [-0.4, -0.2) is 79.7 Å². The number of hydrogen-bond donors (Lipinski definition) is 0. The summed E-state index contributed by atoms with van der Waals surface area (Å²) in [7, 11) is 1.79. The summed E-state index contributed by atoms with van der Waals surface area (Å²) in [5.74, 6) is 1.29. The number of anilines is 1. The number of nitrogens with zero attached hydrogens (tertiary/aromatic N) is 4. The molecule has 1 aromatic rings. The Morgan fingerprint density at radius 2 is 1.92 bits per heavy atom. The van der Waals surface area contributed by atoms with E-state index < -0.39 is 0 Å². The van der Waals surface area contributed by atoms with Gasteiger partial charge < -0.3 is 19.4 Å². The van der Waals surface area contributed by atoms with Gasteiger partial charge in [0, 0.05) is 65.5 Å². The number of amides is 1. The van der Waals surface area contributed by atoms with Crippen LogP contribution in [0, 0.1) is 0 Å². The number of hydrogen-bond acceptors (Lipinski definition) is 5. The molecule has 0 bridgehead atoms. The number of methoxy groups -OCH3 is 1. The standard InChI is InChI=1S/C18H28N4O2/c1-24-16-5-9-20(10-6-16)11-7-18(23)22-14-12-21(13-15-22)17-4-2-3-8-19-17/h2-4,8,16H,5-7,9-15H2,1H3. The van der Waals surface area contributed by atoms with Gasteiger partial charge in [-0.15, -0.1) is 0 Å². The van der Waals surface area contributed by atoms with Crippen molar-refractivity contribution in [2.45, 2.75) is 25.4 Å². The smallest absolute Gasteiger partial charge is 0.223 e. The van der Waals surface area contributed by atoms with E-state index in [1.165, 1.54) is 0 Å². The first-order valence-corrected chi connectivity index (χ1v) is 8.95. The Morgan fingerprint density at radius 1 is 1.17 bits per heavy atom. The summed E-state index contributed by atoms with van der Waals surface area (Å²) < 4.78 is 5.40. The van der Waals surface area contributed by atoms with Gasteiger partial charge >= 0.3 is 0 Å². The quantitative estimate of drug-likeness (QED) is 0.812. The molecule has 0 radical (unpaired) electrons. The Labute approximate surface area is 144 Å². The van der Waals surface area contributed by atoms with Gasteiger partial charge in [0.05, 0.1) is 6.10 Å². The Kier molecular flexibility index (Phi) is 6.04. The highest BCUT2D eigenvalue weighted by Crippen LogP contribution is 2.15. The van der Waals surface area contributed by atoms with Crippen LogP contribution < -0.4 is 4.90 Å². The molecule has 0 saturated carbocycles. The van der Waals surface area contributed by atoms with Crippen LogP contribution in [0.15, 0.2) is 24.4 Å². The van der Waals surface area contributed by atoms with Crippen molar-refractivity contribution >= 4 is 11.7 Å². The monoisotopic (exact) mass is 332 g/mol. The zero-order valence-corrected chi connectivity index (χ0v) is 14.6. The fraction of sp³-hybridized carbons (Fsp3) is 0.667. The van der Waals surface area contributed by atoms with Crippen LogP contribution in [0.1, 0.15) is 19.3 Å². The zero-order chi connectivity index (χ0) is 16.8. The average Bonchev–Trinajstić information content (AvgIpc) is 2.67. The van der Waals surface area contributed by atoms with E-state index in [-0.39, 0.29) is 5.91 Å². The van der Waals surface area contributed by atoms with Crippen LogP contribution in [0.4, 0.5) is 5.82 Å². The third-order valence-electron chi connectivity index (χ3n) is 5.12. The topological polar surface area (TPSA) is 48.9 Å². The molecule has 6 nitrogen and oxygen atoms in total. The maximum atomic E-state index is 12.4. The lowest BCUT2D eigenvalue weighted by molar-refractivity contribution is -0.132. The van der Waals surface area contributed by atoms with Crippen molar-refractivity contribution in [3.8, 4) is 0 Å². The van der Waals surface area contributed by atoms with Crippen LogP contribution in [0.5, 0.6) is 0 Å². The SMILES string of the molecule is COC1CCN(CCC(=O)N2CCN(c3ccccn3)CC2)CC1. The molecule has 0 spiro atoms. The Balaban J connectivity index is 1.38. The van der Waals surface area contributed by atoms with Crippen LogP contribution in [0.3, 0.4) is 0 Å². The summed E-state index contributed by atoms with van der Waals surface area (Å²) >= 11 is 0. The highest BCUT2D eigenvalue weighted by molar-refractivity contribution is 5.76. The van der Waals surface area contributed by atoms with Gasteiger partial charge in [-0.3, -0.25) is 4.79 Å². The minimum atomic E-state index is 0.282. The summed E-state index contributed by atoms with van der Waals surface area (Å²) in [6.07, 6.45) is 5.00. The molecule has 1 amide bonds. The van der Waals surface area contributed by atoms with Crippen molar-refractivity contribution < 1.29 is 9.53 Å². The summed E-state index contributed by atoms with van der Waals surface area (Å²) in [6, 6.07) is 5.96. The first-order chi connectivity index (χ1) is 11.8. The van der Waals surface area contributed by atoms with Gasteiger partial charge in [0.2, 0.25) is 5.91 Å². The Hall–Kier alpha value is -1.66. The molecule has 3 heterocycles. The lowest BCUT2D eigenvalue weighted by Gasteiger charge is -2.36. The molecular formula is C18H28N4O2. The van der Waals surface area contributed by atoms with Gasteiger partial charge in [-0.1, -0.05) is 6.07 Å². The second kappa shape index (κ2) is 8.44. The van der Waals surface area contributed by atoms with E-state index in [0.717, 1.165) is 64.5 Å². The summed E-state index contributed by atoms with van der Waals surface area (Å²) in [5, 5.41) is 0. The fourth-order valence-corrected chi connectivity index (χ4v) is 3.51. The van der Waals surface area contributed by atoms with Crippen LogP contribution >= 0.6 is 0 Å². The predicted molar refractivity (Wildman–Crippen MR) is 94.1 cm³/mol. The lowest BCUT2D eigenvalue weighted by atomic mass is 10.1. The summed E-state index contributed by atoms with van der Waals surface area (Å²) in [4.78, 5) is 23.5. The van der Waals surface area contributed by atoms with Gasteiger partial charge in [-0.25, -0.2) is 4.98 Å². The second-order valence-corrected chi connectivity index (χ2v) is 6.58. The summed E-state index contributed by atoms with van der Waals surface area (Å²) in [6.45, 7) is 6.26. The number of piperazine rings is 1. The van der Waals surface area contributed by atoms with Crippen molar-refractivity contribution in [2.24, 2.45) is 0 Å². The van der Waals surface area contributed by atoms with E-state index in [1.807, 2.05) is 29.3 Å².